The molecule has 0 aromatic carbocycles. The molecule has 0 bridgehead atoms. The SMILES string of the molecule is CCCC1NCC(=O)N1C1CCC(OC)C1. The van der Waals surface area contributed by atoms with Gasteiger partial charge in [0.2, 0.25) is 5.91 Å². The largest absolute Gasteiger partial charge is 0.381 e. The molecule has 1 amide bonds. The summed E-state index contributed by atoms with van der Waals surface area (Å²) >= 11 is 0. The second-order valence-corrected chi connectivity index (χ2v) is 4.81. The molecule has 1 saturated carbocycles. The van der Waals surface area contributed by atoms with Gasteiger partial charge in [0, 0.05) is 13.2 Å². The van der Waals surface area contributed by atoms with Gasteiger partial charge in [0.25, 0.3) is 0 Å². The van der Waals surface area contributed by atoms with Gasteiger partial charge < -0.3 is 9.64 Å². The Balaban J connectivity index is 1.98. The van der Waals surface area contributed by atoms with E-state index in [0.29, 0.717) is 18.7 Å². The van der Waals surface area contributed by atoms with Crippen LogP contribution < -0.4 is 5.32 Å². The van der Waals surface area contributed by atoms with Crippen LogP contribution in [0.25, 0.3) is 0 Å². The van der Waals surface area contributed by atoms with Crippen molar-refractivity contribution in [2.75, 3.05) is 13.7 Å². The van der Waals surface area contributed by atoms with Crippen LogP contribution >= 0.6 is 0 Å². The average molecular weight is 226 g/mol. The summed E-state index contributed by atoms with van der Waals surface area (Å²) in [5.41, 5.74) is 0. The zero-order valence-corrected chi connectivity index (χ0v) is 10.2. The molecule has 0 aromatic rings. The second kappa shape index (κ2) is 5.15. The molecule has 92 valence electrons. The normalized spacial score (nSPS) is 35.0. The third-order valence-corrected chi connectivity index (χ3v) is 3.76. The van der Waals surface area contributed by atoms with Crippen LogP contribution in [0.4, 0.5) is 0 Å². The van der Waals surface area contributed by atoms with Crippen LogP contribution in [0, 0.1) is 0 Å². The average Bonchev–Trinajstić information content (AvgIpc) is 2.86. The van der Waals surface area contributed by atoms with E-state index >= 15 is 0 Å². The van der Waals surface area contributed by atoms with Crippen molar-refractivity contribution in [1.29, 1.82) is 0 Å². The van der Waals surface area contributed by atoms with Crippen molar-refractivity contribution in [3.8, 4) is 0 Å². The topological polar surface area (TPSA) is 41.6 Å². The highest BCUT2D eigenvalue weighted by atomic mass is 16.5. The zero-order chi connectivity index (χ0) is 11.5. The van der Waals surface area contributed by atoms with E-state index in [1.807, 2.05) is 0 Å². The second-order valence-electron chi connectivity index (χ2n) is 4.81. The van der Waals surface area contributed by atoms with E-state index in [2.05, 4.69) is 17.1 Å². The first-order valence-electron chi connectivity index (χ1n) is 6.33. The molecule has 2 fully saturated rings. The van der Waals surface area contributed by atoms with Crippen LogP contribution in [-0.4, -0.2) is 42.8 Å². The highest BCUT2D eigenvalue weighted by Crippen LogP contribution is 2.29. The molecule has 1 aliphatic carbocycles. The summed E-state index contributed by atoms with van der Waals surface area (Å²) in [7, 11) is 1.76. The van der Waals surface area contributed by atoms with Crippen LogP contribution in [0.1, 0.15) is 39.0 Å². The van der Waals surface area contributed by atoms with E-state index in [0.717, 1.165) is 32.1 Å². The van der Waals surface area contributed by atoms with Crippen molar-refractivity contribution < 1.29 is 9.53 Å². The number of rotatable bonds is 4. The molecule has 2 aliphatic rings. The summed E-state index contributed by atoms with van der Waals surface area (Å²) in [4.78, 5) is 13.9. The van der Waals surface area contributed by atoms with Gasteiger partial charge in [-0.1, -0.05) is 13.3 Å². The fourth-order valence-electron chi connectivity index (χ4n) is 2.93. The molecule has 1 heterocycles. The highest BCUT2D eigenvalue weighted by molar-refractivity contribution is 5.81. The molecule has 1 aliphatic heterocycles. The Hall–Kier alpha value is -0.610. The van der Waals surface area contributed by atoms with Gasteiger partial charge in [-0.25, -0.2) is 0 Å². The Morgan fingerprint density at radius 2 is 2.31 bits per heavy atom. The smallest absolute Gasteiger partial charge is 0.238 e. The van der Waals surface area contributed by atoms with Crippen molar-refractivity contribution in [1.82, 2.24) is 10.2 Å². The maximum absolute atomic E-state index is 11.9. The summed E-state index contributed by atoms with van der Waals surface area (Å²) < 4.78 is 5.37. The third kappa shape index (κ3) is 2.23. The van der Waals surface area contributed by atoms with E-state index in [-0.39, 0.29) is 12.1 Å². The predicted molar refractivity (Wildman–Crippen MR) is 62.0 cm³/mol. The first kappa shape index (κ1) is 11.9. The summed E-state index contributed by atoms with van der Waals surface area (Å²) in [6.07, 6.45) is 5.96. The van der Waals surface area contributed by atoms with E-state index in [4.69, 9.17) is 4.74 Å². The molecular weight excluding hydrogens is 204 g/mol. The Kier molecular flexibility index (Phi) is 3.82. The number of nitrogens with one attached hydrogen (secondary N) is 1. The van der Waals surface area contributed by atoms with Crippen LogP contribution in [0.2, 0.25) is 0 Å². The van der Waals surface area contributed by atoms with Gasteiger partial charge in [-0.3, -0.25) is 10.1 Å². The van der Waals surface area contributed by atoms with Gasteiger partial charge in [0.1, 0.15) is 0 Å². The van der Waals surface area contributed by atoms with Crippen LogP contribution in [0.5, 0.6) is 0 Å². The van der Waals surface area contributed by atoms with Crippen molar-refractivity contribution in [3.05, 3.63) is 0 Å². The lowest BCUT2D eigenvalue weighted by molar-refractivity contribution is -0.130. The number of nitrogens with zero attached hydrogens (tertiary/aromatic N) is 1. The van der Waals surface area contributed by atoms with Gasteiger partial charge in [-0.05, 0) is 25.7 Å². The van der Waals surface area contributed by atoms with E-state index in [1.165, 1.54) is 0 Å². The molecule has 4 heteroatoms. The van der Waals surface area contributed by atoms with E-state index in [9.17, 15) is 4.79 Å². The molecule has 1 N–H and O–H groups in total. The van der Waals surface area contributed by atoms with Gasteiger partial charge in [-0.15, -0.1) is 0 Å². The number of carbonyl (C=O) groups excluding carboxylic acids is 1. The first-order valence-corrected chi connectivity index (χ1v) is 6.33. The number of hydrogen-bond acceptors (Lipinski definition) is 3. The quantitative estimate of drug-likeness (QED) is 0.781. The van der Waals surface area contributed by atoms with Gasteiger partial charge in [0.15, 0.2) is 0 Å². The Morgan fingerprint density at radius 1 is 1.50 bits per heavy atom. The fourth-order valence-corrected chi connectivity index (χ4v) is 2.93. The molecule has 16 heavy (non-hydrogen) atoms. The molecule has 4 nitrogen and oxygen atoms in total. The number of amides is 1. The Morgan fingerprint density at radius 3 is 2.94 bits per heavy atom. The van der Waals surface area contributed by atoms with Crippen molar-refractivity contribution in [2.45, 2.75) is 57.3 Å². The van der Waals surface area contributed by atoms with Crippen molar-refractivity contribution in [2.24, 2.45) is 0 Å². The monoisotopic (exact) mass is 226 g/mol. The number of carbonyl (C=O) groups is 1. The van der Waals surface area contributed by atoms with Crippen molar-refractivity contribution in [3.63, 3.8) is 0 Å². The summed E-state index contributed by atoms with van der Waals surface area (Å²) in [6, 6.07) is 0.393. The Labute approximate surface area is 97.3 Å². The Bertz CT molecular complexity index is 257. The van der Waals surface area contributed by atoms with E-state index in [1.54, 1.807) is 7.11 Å². The number of methoxy groups -OCH3 is 1. The summed E-state index contributed by atoms with van der Waals surface area (Å²) in [5.74, 6) is 0.264. The number of hydrogen-bond donors (Lipinski definition) is 1. The molecule has 3 unspecified atom stereocenters. The maximum Gasteiger partial charge on any atom is 0.238 e. The van der Waals surface area contributed by atoms with Gasteiger partial charge in [0.05, 0.1) is 18.8 Å². The van der Waals surface area contributed by atoms with Gasteiger partial charge >= 0.3 is 0 Å². The molecule has 1 saturated heterocycles. The highest BCUT2D eigenvalue weighted by Gasteiger charge is 2.38. The first-order chi connectivity index (χ1) is 7.76. The zero-order valence-electron chi connectivity index (χ0n) is 10.2. The third-order valence-electron chi connectivity index (χ3n) is 3.76. The molecule has 3 atom stereocenters. The molecular formula is C12H22N2O2. The van der Waals surface area contributed by atoms with Gasteiger partial charge in [-0.2, -0.15) is 0 Å². The minimum atomic E-state index is 0.262. The lowest BCUT2D eigenvalue weighted by Gasteiger charge is -2.30. The lowest BCUT2D eigenvalue weighted by Crippen LogP contribution is -2.43. The number of ether oxygens (including phenoxy) is 1. The molecule has 0 spiro atoms. The van der Waals surface area contributed by atoms with Crippen LogP contribution in [0.3, 0.4) is 0 Å². The van der Waals surface area contributed by atoms with Crippen LogP contribution in [0.15, 0.2) is 0 Å². The standard InChI is InChI=1S/C12H22N2O2/c1-3-4-11-13-8-12(15)14(11)9-5-6-10(7-9)16-2/h9-11,13H,3-8H2,1-2H3. The summed E-state index contributed by atoms with van der Waals surface area (Å²) in [5, 5.41) is 3.30. The minimum Gasteiger partial charge on any atom is -0.381 e. The minimum absolute atomic E-state index is 0.262. The predicted octanol–water partition coefficient (Wildman–Crippen LogP) is 1.11. The maximum atomic E-state index is 11.9. The van der Waals surface area contributed by atoms with Crippen LogP contribution in [-0.2, 0) is 9.53 Å². The summed E-state index contributed by atoms with van der Waals surface area (Å²) in [6.45, 7) is 2.67. The van der Waals surface area contributed by atoms with Crippen molar-refractivity contribution >= 4 is 5.91 Å². The van der Waals surface area contributed by atoms with E-state index < -0.39 is 0 Å². The fraction of sp³-hybridized carbons (Fsp3) is 0.917. The molecule has 0 aromatic heterocycles. The molecule has 2 rings (SSSR count). The molecule has 0 radical (unpaired) electrons. The lowest BCUT2D eigenvalue weighted by atomic mass is 10.1.